The topological polar surface area (TPSA) is 36.4 Å². The van der Waals surface area contributed by atoms with E-state index < -0.39 is 0 Å². The molecule has 3 heteroatoms. The SMILES string of the molecule is Cc1ccnc(N2CCC(O)CC2)c1. The first kappa shape index (κ1) is 9.46. The number of rotatable bonds is 1. The number of pyridine rings is 1. The van der Waals surface area contributed by atoms with Gasteiger partial charge in [0.15, 0.2) is 0 Å². The molecule has 0 spiro atoms. The number of aliphatic hydroxyl groups excluding tert-OH is 1. The molecule has 1 N–H and O–H groups in total. The normalized spacial score (nSPS) is 18.6. The van der Waals surface area contributed by atoms with Gasteiger partial charge in [-0.1, -0.05) is 0 Å². The Morgan fingerprint density at radius 2 is 2.14 bits per heavy atom. The zero-order valence-corrected chi connectivity index (χ0v) is 8.48. The van der Waals surface area contributed by atoms with E-state index in [9.17, 15) is 5.11 Å². The summed E-state index contributed by atoms with van der Waals surface area (Å²) in [5, 5.41) is 9.38. The quantitative estimate of drug-likeness (QED) is 0.729. The molecule has 0 aromatic carbocycles. The number of aromatic nitrogens is 1. The van der Waals surface area contributed by atoms with Crippen LogP contribution in [-0.4, -0.2) is 29.3 Å². The monoisotopic (exact) mass is 192 g/mol. The minimum atomic E-state index is -0.115. The lowest BCUT2D eigenvalue weighted by molar-refractivity contribution is 0.145. The molecule has 1 aromatic heterocycles. The van der Waals surface area contributed by atoms with Crippen molar-refractivity contribution >= 4 is 5.82 Å². The van der Waals surface area contributed by atoms with E-state index in [-0.39, 0.29) is 6.10 Å². The third-order valence-electron chi connectivity index (χ3n) is 2.69. The highest BCUT2D eigenvalue weighted by atomic mass is 16.3. The van der Waals surface area contributed by atoms with Gasteiger partial charge in [0.2, 0.25) is 0 Å². The molecule has 3 nitrogen and oxygen atoms in total. The number of aliphatic hydroxyl groups is 1. The molecule has 0 atom stereocenters. The summed E-state index contributed by atoms with van der Waals surface area (Å²) in [5.74, 6) is 1.04. The van der Waals surface area contributed by atoms with Crippen molar-refractivity contribution in [1.82, 2.24) is 4.98 Å². The second kappa shape index (κ2) is 3.96. The summed E-state index contributed by atoms with van der Waals surface area (Å²) in [6.07, 6.45) is 3.44. The Balaban J connectivity index is 2.08. The van der Waals surface area contributed by atoms with Crippen LogP contribution in [0, 0.1) is 6.92 Å². The standard InChI is InChI=1S/C11H16N2O/c1-9-2-5-12-11(8-9)13-6-3-10(14)4-7-13/h2,5,8,10,14H,3-4,6-7H2,1H3. The summed E-state index contributed by atoms with van der Waals surface area (Å²) in [4.78, 5) is 6.57. The van der Waals surface area contributed by atoms with E-state index in [0.717, 1.165) is 31.7 Å². The van der Waals surface area contributed by atoms with Crippen LogP contribution in [0.2, 0.25) is 0 Å². The zero-order valence-electron chi connectivity index (χ0n) is 8.48. The van der Waals surface area contributed by atoms with Gasteiger partial charge in [0.25, 0.3) is 0 Å². The second-order valence-electron chi connectivity index (χ2n) is 3.91. The lowest BCUT2D eigenvalue weighted by Crippen LogP contribution is -2.36. The highest BCUT2D eigenvalue weighted by molar-refractivity contribution is 5.40. The molecular formula is C11H16N2O. The number of hydrogen-bond acceptors (Lipinski definition) is 3. The first-order chi connectivity index (χ1) is 6.75. The Hall–Kier alpha value is -1.09. The fourth-order valence-corrected chi connectivity index (χ4v) is 1.79. The van der Waals surface area contributed by atoms with Crippen LogP contribution in [0.15, 0.2) is 18.3 Å². The van der Waals surface area contributed by atoms with Crippen LogP contribution in [0.1, 0.15) is 18.4 Å². The first-order valence-electron chi connectivity index (χ1n) is 5.11. The van der Waals surface area contributed by atoms with Gasteiger partial charge < -0.3 is 10.0 Å². The van der Waals surface area contributed by atoms with E-state index >= 15 is 0 Å². The van der Waals surface area contributed by atoms with Crippen molar-refractivity contribution in [3.63, 3.8) is 0 Å². The van der Waals surface area contributed by atoms with Crippen molar-refractivity contribution in [3.05, 3.63) is 23.9 Å². The molecule has 14 heavy (non-hydrogen) atoms. The fourth-order valence-electron chi connectivity index (χ4n) is 1.79. The van der Waals surface area contributed by atoms with Gasteiger partial charge in [-0.2, -0.15) is 0 Å². The lowest BCUT2D eigenvalue weighted by Gasteiger charge is -2.30. The third kappa shape index (κ3) is 2.04. The van der Waals surface area contributed by atoms with Crippen molar-refractivity contribution in [1.29, 1.82) is 0 Å². The average Bonchev–Trinajstić information content (AvgIpc) is 2.19. The van der Waals surface area contributed by atoms with Crippen molar-refractivity contribution in [2.75, 3.05) is 18.0 Å². The number of nitrogens with zero attached hydrogens (tertiary/aromatic N) is 2. The predicted molar refractivity (Wildman–Crippen MR) is 56.4 cm³/mol. The molecule has 76 valence electrons. The number of hydrogen-bond donors (Lipinski definition) is 1. The van der Waals surface area contributed by atoms with Crippen LogP contribution in [0.4, 0.5) is 5.82 Å². The van der Waals surface area contributed by atoms with E-state index in [0.29, 0.717) is 0 Å². The molecule has 0 radical (unpaired) electrons. The summed E-state index contributed by atoms with van der Waals surface area (Å²) in [7, 11) is 0. The minimum Gasteiger partial charge on any atom is -0.393 e. The second-order valence-corrected chi connectivity index (χ2v) is 3.91. The minimum absolute atomic E-state index is 0.115. The number of anilines is 1. The molecule has 0 saturated carbocycles. The highest BCUT2D eigenvalue weighted by Crippen LogP contribution is 2.18. The smallest absolute Gasteiger partial charge is 0.128 e. The summed E-state index contributed by atoms with van der Waals surface area (Å²) in [5.41, 5.74) is 1.24. The van der Waals surface area contributed by atoms with Gasteiger partial charge in [0.1, 0.15) is 5.82 Å². The molecule has 2 rings (SSSR count). The lowest BCUT2D eigenvalue weighted by atomic mass is 10.1. The molecule has 0 aliphatic carbocycles. The van der Waals surface area contributed by atoms with E-state index in [1.807, 2.05) is 12.3 Å². The maximum atomic E-state index is 9.38. The van der Waals surface area contributed by atoms with Gasteiger partial charge in [-0.25, -0.2) is 4.98 Å². The Kier molecular flexibility index (Phi) is 2.68. The predicted octanol–water partition coefficient (Wildman–Crippen LogP) is 1.35. The average molecular weight is 192 g/mol. The Morgan fingerprint density at radius 1 is 1.43 bits per heavy atom. The molecule has 1 saturated heterocycles. The molecule has 1 aromatic rings. The van der Waals surface area contributed by atoms with Gasteiger partial charge >= 0.3 is 0 Å². The first-order valence-corrected chi connectivity index (χ1v) is 5.11. The van der Waals surface area contributed by atoms with Crippen LogP contribution < -0.4 is 4.90 Å². The third-order valence-corrected chi connectivity index (χ3v) is 2.69. The van der Waals surface area contributed by atoms with Crippen LogP contribution >= 0.6 is 0 Å². The van der Waals surface area contributed by atoms with Crippen molar-refractivity contribution in [3.8, 4) is 0 Å². The van der Waals surface area contributed by atoms with E-state index in [1.165, 1.54) is 5.56 Å². The van der Waals surface area contributed by atoms with Crippen molar-refractivity contribution in [2.24, 2.45) is 0 Å². The molecule has 1 fully saturated rings. The largest absolute Gasteiger partial charge is 0.393 e. The zero-order chi connectivity index (χ0) is 9.97. The number of piperidine rings is 1. The van der Waals surface area contributed by atoms with Gasteiger partial charge in [0, 0.05) is 19.3 Å². The van der Waals surface area contributed by atoms with Gasteiger partial charge in [0.05, 0.1) is 6.10 Å². The van der Waals surface area contributed by atoms with E-state index in [2.05, 4.69) is 22.9 Å². The van der Waals surface area contributed by atoms with Crippen molar-refractivity contribution < 1.29 is 5.11 Å². The van der Waals surface area contributed by atoms with Crippen molar-refractivity contribution in [2.45, 2.75) is 25.9 Å². The molecule has 0 bridgehead atoms. The molecule has 2 heterocycles. The fraction of sp³-hybridized carbons (Fsp3) is 0.545. The maximum Gasteiger partial charge on any atom is 0.128 e. The van der Waals surface area contributed by atoms with Gasteiger partial charge in [-0.05, 0) is 37.5 Å². The number of aryl methyl sites for hydroxylation is 1. The molecule has 1 aliphatic heterocycles. The van der Waals surface area contributed by atoms with Crippen LogP contribution in [0.25, 0.3) is 0 Å². The molecular weight excluding hydrogens is 176 g/mol. The van der Waals surface area contributed by atoms with Crippen LogP contribution in [0.3, 0.4) is 0 Å². The summed E-state index contributed by atoms with van der Waals surface area (Å²) >= 11 is 0. The summed E-state index contributed by atoms with van der Waals surface area (Å²) in [6.45, 7) is 3.90. The Bertz CT molecular complexity index is 306. The molecule has 1 aliphatic rings. The van der Waals surface area contributed by atoms with Crippen LogP contribution in [-0.2, 0) is 0 Å². The Morgan fingerprint density at radius 3 is 2.79 bits per heavy atom. The molecule has 0 amide bonds. The Labute approximate surface area is 84.4 Å². The van der Waals surface area contributed by atoms with Gasteiger partial charge in [-0.15, -0.1) is 0 Å². The maximum absolute atomic E-state index is 9.38. The highest BCUT2D eigenvalue weighted by Gasteiger charge is 2.17. The summed E-state index contributed by atoms with van der Waals surface area (Å²) in [6, 6.07) is 4.10. The molecule has 0 unspecified atom stereocenters. The van der Waals surface area contributed by atoms with E-state index in [4.69, 9.17) is 0 Å². The van der Waals surface area contributed by atoms with Gasteiger partial charge in [-0.3, -0.25) is 0 Å². The summed E-state index contributed by atoms with van der Waals surface area (Å²) < 4.78 is 0. The van der Waals surface area contributed by atoms with E-state index in [1.54, 1.807) is 0 Å². The van der Waals surface area contributed by atoms with Crippen LogP contribution in [0.5, 0.6) is 0 Å².